The summed E-state index contributed by atoms with van der Waals surface area (Å²) in [6, 6.07) is 19.1. The first-order chi connectivity index (χ1) is 17.0. The van der Waals surface area contributed by atoms with E-state index < -0.39 is 0 Å². The number of methoxy groups -OCH3 is 1. The average Bonchev–Trinajstić information content (AvgIpc) is 3.24. The van der Waals surface area contributed by atoms with Gasteiger partial charge in [-0.2, -0.15) is 5.10 Å². The monoisotopic (exact) mass is 574 g/mol. The summed E-state index contributed by atoms with van der Waals surface area (Å²) in [7, 11) is 1.63. The molecule has 1 heterocycles. The summed E-state index contributed by atoms with van der Waals surface area (Å²) in [5, 5.41) is 7.92. The van der Waals surface area contributed by atoms with Crippen molar-refractivity contribution >= 4 is 39.7 Å². The molecule has 0 bridgehead atoms. The normalized spacial score (nSPS) is 10.7. The zero-order chi connectivity index (χ0) is 24.8. The van der Waals surface area contributed by atoms with Crippen molar-refractivity contribution in [2.24, 2.45) is 0 Å². The van der Waals surface area contributed by atoms with Crippen LogP contribution in [-0.4, -0.2) is 28.6 Å². The third-order valence-electron chi connectivity index (χ3n) is 5.17. The first kappa shape index (κ1) is 25.1. The Kier molecular flexibility index (Phi) is 8.33. The maximum atomic E-state index is 6.05. The number of H-pyrrole nitrogens is 1. The van der Waals surface area contributed by atoms with E-state index in [2.05, 4.69) is 31.6 Å². The second-order valence-electron chi connectivity index (χ2n) is 7.46. The van der Waals surface area contributed by atoms with E-state index in [0.29, 0.717) is 52.6 Å². The summed E-state index contributed by atoms with van der Waals surface area (Å²) in [5.74, 6) is 2.62. The van der Waals surface area contributed by atoms with Crippen LogP contribution in [0.5, 0.6) is 17.2 Å². The van der Waals surface area contributed by atoms with E-state index >= 15 is 0 Å². The molecule has 1 aromatic heterocycles. The lowest BCUT2D eigenvalue weighted by molar-refractivity contribution is 0.269. The molecule has 0 atom stereocenters. The van der Waals surface area contributed by atoms with Crippen LogP contribution in [0.4, 0.5) is 0 Å². The van der Waals surface area contributed by atoms with Crippen LogP contribution in [0.1, 0.15) is 18.1 Å². The van der Waals surface area contributed by atoms with Gasteiger partial charge in [-0.25, -0.2) is 9.77 Å². The predicted octanol–water partition coefficient (Wildman–Crippen LogP) is 6.75. The maximum absolute atomic E-state index is 6.05. The van der Waals surface area contributed by atoms with Crippen molar-refractivity contribution < 1.29 is 14.2 Å². The molecule has 0 spiro atoms. The Hall–Kier alpha value is -3.01. The van der Waals surface area contributed by atoms with Gasteiger partial charge in [-0.15, -0.1) is 0 Å². The number of para-hydroxylation sites is 1. The van der Waals surface area contributed by atoms with Crippen LogP contribution < -0.4 is 19.6 Å². The Morgan fingerprint density at radius 2 is 1.80 bits per heavy atom. The minimum atomic E-state index is 0.397. The number of aromatic amines is 1. The molecule has 0 unspecified atom stereocenters. The molecule has 0 aliphatic rings. The van der Waals surface area contributed by atoms with Crippen molar-refractivity contribution in [3.8, 4) is 28.6 Å². The molecule has 0 saturated heterocycles. The highest BCUT2D eigenvalue weighted by molar-refractivity contribution is 9.10. The minimum absolute atomic E-state index is 0.397. The van der Waals surface area contributed by atoms with E-state index in [-0.39, 0.29) is 0 Å². The Morgan fingerprint density at radius 3 is 2.54 bits per heavy atom. The largest absolute Gasteiger partial charge is 0.496 e. The van der Waals surface area contributed by atoms with Gasteiger partial charge in [0.15, 0.2) is 17.3 Å². The van der Waals surface area contributed by atoms with Gasteiger partial charge in [0.25, 0.3) is 0 Å². The average molecular weight is 576 g/mol. The highest BCUT2D eigenvalue weighted by atomic mass is 79.9. The van der Waals surface area contributed by atoms with E-state index in [1.54, 1.807) is 11.8 Å². The number of benzene rings is 3. The van der Waals surface area contributed by atoms with Crippen LogP contribution in [0.2, 0.25) is 5.02 Å². The molecule has 0 aliphatic carbocycles. The predicted molar refractivity (Wildman–Crippen MR) is 144 cm³/mol. The van der Waals surface area contributed by atoms with Crippen LogP contribution in [0, 0.1) is 4.77 Å². The van der Waals surface area contributed by atoms with Crippen molar-refractivity contribution in [1.82, 2.24) is 14.9 Å². The molecule has 0 saturated carbocycles. The third kappa shape index (κ3) is 5.98. The van der Waals surface area contributed by atoms with E-state index in [0.717, 1.165) is 21.2 Å². The second-order valence-corrected chi connectivity index (χ2v) is 9.14. The molecule has 4 aromatic rings. The number of nitrogens with one attached hydrogen (secondary N) is 2. The fraction of sp³-hybridized carbons (Fsp3) is 0.200. The molecule has 0 amide bonds. The Bertz CT molecular complexity index is 1360. The van der Waals surface area contributed by atoms with Crippen molar-refractivity contribution in [1.29, 1.82) is 0 Å². The molecular weight excluding hydrogens is 552 g/mol. The number of nitrogens with zero attached hydrogens (tertiary/aromatic N) is 2. The third-order valence-corrected chi connectivity index (χ3v) is 6.43. The number of ether oxygens (including phenoxy) is 3. The fourth-order valence-corrected chi connectivity index (χ4v) is 4.24. The van der Waals surface area contributed by atoms with Crippen LogP contribution in [0.3, 0.4) is 0 Å². The highest BCUT2D eigenvalue weighted by Gasteiger charge is 2.15. The molecule has 3 aromatic carbocycles. The van der Waals surface area contributed by atoms with Gasteiger partial charge in [0.2, 0.25) is 4.77 Å². The van der Waals surface area contributed by atoms with E-state index in [4.69, 9.17) is 38.0 Å². The summed E-state index contributed by atoms with van der Waals surface area (Å²) < 4.78 is 20.4. The summed E-state index contributed by atoms with van der Waals surface area (Å²) in [6.45, 7) is 3.30. The SMILES string of the molecule is CCOc1cc(CNn2c(-c3ccccc3OC)n[nH]c2=S)c(Br)cc1OCc1ccc(Cl)cc1. The quantitative estimate of drug-likeness (QED) is 0.204. The van der Waals surface area contributed by atoms with Crippen LogP contribution in [-0.2, 0) is 13.2 Å². The molecule has 0 radical (unpaired) electrons. The van der Waals surface area contributed by atoms with Gasteiger partial charge in [-0.1, -0.05) is 51.8 Å². The highest BCUT2D eigenvalue weighted by Crippen LogP contribution is 2.35. The smallest absolute Gasteiger partial charge is 0.214 e. The number of hydrogen-bond acceptors (Lipinski definition) is 6. The standard InChI is InChI=1S/C25H24BrClN4O3S/c1-3-33-22-12-17(20(26)13-23(22)34-15-16-8-10-18(27)11-9-16)14-28-31-24(29-30-25(31)35)19-6-4-5-7-21(19)32-2/h4-13,28H,3,14-15H2,1-2H3,(H,30,35). The van der Waals surface area contributed by atoms with Crippen molar-refractivity contribution in [3.63, 3.8) is 0 Å². The zero-order valence-electron chi connectivity index (χ0n) is 19.2. The van der Waals surface area contributed by atoms with Gasteiger partial charge >= 0.3 is 0 Å². The van der Waals surface area contributed by atoms with Crippen molar-refractivity contribution in [3.05, 3.63) is 86.1 Å². The molecule has 0 aliphatic heterocycles. The lowest BCUT2D eigenvalue weighted by Crippen LogP contribution is -2.16. The van der Waals surface area contributed by atoms with Gasteiger partial charge in [-0.3, -0.25) is 0 Å². The minimum Gasteiger partial charge on any atom is -0.496 e. The van der Waals surface area contributed by atoms with Gasteiger partial charge < -0.3 is 19.6 Å². The van der Waals surface area contributed by atoms with Crippen molar-refractivity contribution in [2.75, 3.05) is 19.1 Å². The first-order valence-electron chi connectivity index (χ1n) is 10.9. The topological polar surface area (TPSA) is 73.3 Å². The maximum Gasteiger partial charge on any atom is 0.214 e. The zero-order valence-corrected chi connectivity index (χ0v) is 22.3. The fourth-order valence-electron chi connectivity index (χ4n) is 3.45. The summed E-state index contributed by atoms with van der Waals surface area (Å²) in [5.41, 5.74) is 6.13. The van der Waals surface area contributed by atoms with Crippen LogP contribution in [0.15, 0.2) is 65.1 Å². The number of hydrogen-bond donors (Lipinski definition) is 2. The lowest BCUT2D eigenvalue weighted by atomic mass is 10.2. The van der Waals surface area contributed by atoms with Gasteiger partial charge in [0.05, 0.1) is 25.8 Å². The lowest BCUT2D eigenvalue weighted by Gasteiger charge is -2.17. The molecule has 7 nitrogen and oxygen atoms in total. The number of aromatic nitrogens is 3. The Morgan fingerprint density at radius 1 is 1.06 bits per heavy atom. The Balaban J connectivity index is 1.55. The van der Waals surface area contributed by atoms with Gasteiger partial charge in [0, 0.05) is 9.50 Å². The molecule has 0 fully saturated rings. The molecule has 35 heavy (non-hydrogen) atoms. The number of rotatable bonds is 10. The summed E-state index contributed by atoms with van der Waals surface area (Å²) >= 11 is 15.1. The first-order valence-corrected chi connectivity index (χ1v) is 12.4. The molecule has 2 N–H and O–H groups in total. The van der Waals surface area contributed by atoms with Crippen LogP contribution in [0.25, 0.3) is 11.4 Å². The number of halogens is 2. The molecular formula is C25H24BrClN4O3S. The van der Waals surface area contributed by atoms with Gasteiger partial charge in [0.1, 0.15) is 12.4 Å². The van der Waals surface area contributed by atoms with E-state index in [9.17, 15) is 0 Å². The second kappa shape index (κ2) is 11.6. The van der Waals surface area contributed by atoms with Crippen molar-refractivity contribution in [2.45, 2.75) is 20.1 Å². The summed E-state index contributed by atoms with van der Waals surface area (Å²) in [6.07, 6.45) is 0. The molecule has 10 heteroatoms. The summed E-state index contributed by atoms with van der Waals surface area (Å²) in [4.78, 5) is 0. The molecule has 182 valence electrons. The van der Waals surface area contributed by atoms with Crippen LogP contribution >= 0.6 is 39.7 Å². The van der Waals surface area contributed by atoms with E-state index in [1.165, 1.54) is 0 Å². The van der Waals surface area contributed by atoms with E-state index in [1.807, 2.05) is 67.6 Å². The Labute approximate surface area is 222 Å². The molecule has 4 rings (SSSR count). The van der Waals surface area contributed by atoms with Gasteiger partial charge in [-0.05, 0) is 66.7 Å².